The quantitative estimate of drug-likeness (QED) is 0.0508. The molecule has 0 amide bonds. The first-order valence-corrected chi connectivity index (χ1v) is 19.6. The molecule has 0 fully saturated rings. The highest BCUT2D eigenvalue weighted by Crippen LogP contribution is 2.11. The van der Waals surface area contributed by atoms with E-state index in [1.54, 1.807) is 0 Å². The Bertz CT molecular complexity index is 666. The van der Waals surface area contributed by atoms with Crippen molar-refractivity contribution < 1.29 is 9.47 Å². The molecule has 0 saturated heterocycles. The van der Waals surface area contributed by atoms with E-state index in [-0.39, 0.29) is 6.10 Å². The Kier molecular flexibility index (Phi) is 38.0. The summed E-state index contributed by atoms with van der Waals surface area (Å²) >= 11 is 0. The Morgan fingerprint density at radius 1 is 0.467 bits per heavy atom. The van der Waals surface area contributed by atoms with Crippen molar-refractivity contribution in [2.24, 2.45) is 0 Å². The fourth-order valence-corrected chi connectivity index (χ4v) is 5.36. The summed E-state index contributed by atoms with van der Waals surface area (Å²) in [6, 6.07) is 0. The lowest BCUT2D eigenvalue weighted by Crippen LogP contribution is -2.26. The largest absolute Gasteiger partial charge is 0.379 e. The lowest BCUT2D eigenvalue weighted by atomic mass is 10.1. The van der Waals surface area contributed by atoms with Gasteiger partial charge in [-0.25, -0.2) is 0 Å². The normalized spacial score (nSPS) is 13.2. The summed E-state index contributed by atoms with van der Waals surface area (Å²) < 4.78 is 12.3. The Labute approximate surface area is 283 Å². The number of ether oxygens (including phenoxy) is 2. The molecule has 45 heavy (non-hydrogen) atoms. The third kappa shape index (κ3) is 38.9. The number of nitrogens with zero attached hydrogens (tertiary/aromatic N) is 1. The van der Waals surface area contributed by atoms with Gasteiger partial charge in [-0.3, -0.25) is 0 Å². The van der Waals surface area contributed by atoms with Gasteiger partial charge in [-0.05, 0) is 97.6 Å². The average molecular weight is 630 g/mol. The van der Waals surface area contributed by atoms with Crippen LogP contribution in [0.5, 0.6) is 0 Å². The van der Waals surface area contributed by atoms with Gasteiger partial charge in [0, 0.05) is 19.8 Å². The summed E-state index contributed by atoms with van der Waals surface area (Å²) in [7, 11) is 4.29. The number of rotatable bonds is 36. The molecule has 0 aromatic carbocycles. The maximum Gasteiger partial charge on any atom is 0.0820 e. The van der Waals surface area contributed by atoms with Crippen molar-refractivity contribution in [1.82, 2.24) is 4.90 Å². The van der Waals surface area contributed by atoms with Crippen molar-refractivity contribution in [3.05, 3.63) is 48.6 Å². The number of hydrogen-bond donors (Lipinski definition) is 0. The van der Waals surface area contributed by atoms with Crippen LogP contribution in [0.4, 0.5) is 0 Å². The van der Waals surface area contributed by atoms with E-state index in [1.165, 1.54) is 141 Å². The van der Waals surface area contributed by atoms with E-state index in [0.29, 0.717) is 0 Å². The van der Waals surface area contributed by atoms with Crippen LogP contribution in [0.1, 0.15) is 174 Å². The first-order valence-electron chi connectivity index (χ1n) is 19.6. The van der Waals surface area contributed by atoms with Gasteiger partial charge in [0.05, 0.1) is 12.7 Å². The summed E-state index contributed by atoms with van der Waals surface area (Å²) in [5.41, 5.74) is 0. The molecule has 0 heterocycles. The molecule has 0 aromatic heterocycles. The van der Waals surface area contributed by atoms with Crippen molar-refractivity contribution in [2.45, 2.75) is 180 Å². The molecule has 0 rings (SSSR count). The fraction of sp³-hybridized carbons (Fsp3) is 0.810. The third-order valence-corrected chi connectivity index (χ3v) is 8.39. The van der Waals surface area contributed by atoms with Crippen LogP contribution in [0.2, 0.25) is 0 Å². The molecule has 1 atom stereocenters. The molecule has 0 aliphatic carbocycles. The topological polar surface area (TPSA) is 21.7 Å². The predicted octanol–water partition coefficient (Wildman–Crippen LogP) is 13.0. The van der Waals surface area contributed by atoms with Gasteiger partial charge in [-0.2, -0.15) is 0 Å². The molecule has 0 N–H and O–H groups in total. The minimum atomic E-state index is 0.231. The molecule has 0 spiro atoms. The molecular formula is C42H79NO2. The van der Waals surface area contributed by atoms with Crippen molar-refractivity contribution in [2.75, 3.05) is 40.5 Å². The number of unbranched alkanes of at least 4 members (excludes halogenated alkanes) is 18. The molecular weight excluding hydrogens is 550 g/mol. The van der Waals surface area contributed by atoms with E-state index in [9.17, 15) is 0 Å². The molecule has 0 bridgehead atoms. The van der Waals surface area contributed by atoms with Gasteiger partial charge in [0.1, 0.15) is 0 Å². The van der Waals surface area contributed by atoms with Crippen molar-refractivity contribution >= 4 is 0 Å². The monoisotopic (exact) mass is 630 g/mol. The van der Waals surface area contributed by atoms with Crippen LogP contribution < -0.4 is 0 Å². The average Bonchev–Trinajstić information content (AvgIpc) is 3.04. The van der Waals surface area contributed by atoms with Crippen molar-refractivity contribution in [3.63, 3.8) is 0 Å². The van der Waals surface area contributed by atoms with Crippen LogP contribution in [0.3, 0.4) is 0 Å². The van der Waals surface area contributed by atoms with Crippen molar-refractivity contribution in [1.29, 1.82) is 0 Å². The van der Waals surface area contributed by atoms with Crippen LogP contribution in [0.25, 0.3) is 0 Å². The molecule has 3 heteroatoms. The zero-order valence-corrected chi connectivity index (χ0v) is 31.0. The first-order chi connectivity index (χ1) is 22.2. The SMILES string of the molecule is CCCCC/C=C/C/C=C/CCCCCCCCOCC(CCN(C)C)OCCCCCCCC/C=C/C/C=C/CCCCC. The number of hydrogen-bond acceptors (Lipinski definition) is 3. The zero-order chi connectivity index (χ0) is 32.7. The molecule has 1 unspecified atom stereocenters. The standard InChI is InChI=1S/C42H79NO2/c1-5-7-9-11-13-15-17-19-21-23-25-27-29-31-33-35-39-44-41-42(37-38-43(3)4)45-40-36-34-32-30-28-26-24-22-20-18-16-14-12-10-8-6-2/h13-16,19-22,42H,5-12,17-18,23-41H2,1-4H3/b15-13+,16-14+,21-19+,22-20+. The molecule has 0 aliphatic heterocycles. The number of allylic oxidation sites excluding steroid dienone is 8. The lowest BCUT2D eigenvalue weighted by molar-refractivity contribution is -0.0248. The highest BCUT2D eigenvalue weighted by molar-refractivity contribution is 4.93. The Hall–Kier alpha value is -1.16. The van der Waals surface area contributed by atoms with Gasteiger partial charge in [-0.15, -0.1) is 0 Å². The second kappa shape index (κ2) is 39.0. The smallest absolute Gasteiger partial charge is 0.0820 e. The van der Waals surface area contributed by atoms with E-state index >= 15 is 0 Å². The van der Waals surface area contributed by atoms with Crippen LogP contribution in [-0.2, 0) is 9.47 Å². The van der Waals surface area contributed by atoms with E-state index in [1.807, 2.05) is 0 Å². The van der Waals surface area contributed by atoms with Crippen LogP contribution >= 0.6 is 0 Å². The molecule has 0 radical (unpaired) electrons. The molecule has 0 aromatic rings. The lowest BCUT2D eigenvalue weighted by Gasteiger charge is -2.20. The molecule has 3 nitrogen and oxygen atoms in total. The van der Waals surface area contributed by atoms with Gasteiger partial charge in [0.25, 0.3) is 0 Å². The second-order valence-corrected chi connectivity index (χ2v) is 13.3. The van der Waals surface area contributed by atoms with E-state index < -0.39 is 0 Å². The predicted molar refractivity (Wildman–Crippen MR) is 202 cm³/mol. The second-order valence-electron chi connectivity index (χ2n) is 13.3. The Morgan fingerprint density at radius 2 is 0.867 bits per heavy atom. The van der Waals surface area contributed by atoms with Crippen LogP contribution in [0, 0.1) is 0 Å². The van der Waals surface area contributed by atoms with E-state index in [2.05, 4.69) is 81.5 Å². The summed E-state index contributed by atoms with van der Waals surface area (Å²) in [5.74, 6) is 0. The summed E-state index contributed by atoms with van der Waals surface area (Å²) in [6.07, 6.45) is 50.9. The fourth-order valence-electron chi connectivity index (χ4n) is 5.36. The zero-order valence-electron chi connectivity index (χ0n) is 31.0. The minimum Gasteiger partial charge on any atom is -0.379 e. The Morgan fingerprint density at radius 3 is 1.31 bits per heavy atom. The molecule has 0 saturated carbocycles. The minimum absolute atomic E-state index is 0.231. The molecule has 0 aliphatic rings. The summed E-state index contributed by atoms with van der Waals surface area (Å²) in [4.78, 5) is 2.25. The molecule has 264 valence electrons. The summed E-state index contributed by atoms with van der Waals surface area (Å²) in [5, 5.41) is 0. The maximum atomic E-state index is 6.27. The van der Waals surface area contributed by atoms with Gasteiger partial charge in [0.15, 0.2) is 0 Å². The van der Waals surface area contributed by atoms with Crippen LogP contribution in [-0.4, -0.2) is 51.5 Å². The van der Waals surface area contributed by atoms with E-state index in [4.69, 9.17) is 9.47 Å². The van der Waals surface area contributed by atoms with Crippen LogP contribution in [0.15, 0.2) is 48.6 Å². The van der Waals surface area contributed by atoms with Gasteiger partial charge in [0.2, 0.25) is 0 Å². The van der Waals surface area contributed by atoms with Gasteiger partial charge >= 0.3 is 0 Å². The highest BCUT2D eigenvalue weighted by Gasteiger charge is 2.10. The van der Waals surface area contributed by atoms with E-state index in [0.717, 1.165) is 45.6 Å². The van der Waals surface area contributed by atoms with Gasteiger partial charge < -0.3 is 14.4 Å². The van der Waals surface area contributed by atoms with Crippen molar-refractivity contribution in [3.8, 4) is 0 Å². The Balaban J connectivity index is 3.66. The highest BCUT2D eigenvalue weighted by atomic mass is 16.5. The summed E-state index contributed by atoms with van der Waals surface area (Å²) in [6.45, 7) is 8.09. The first kappa shape index (κ1) is 43.8. The maximum absolute atomic E-state index is 6.27. The van der Waals surface area contributed by atoms with Gasteiger partial charge in [-0.1, -0.05) is 140 Å². The third-order valence-electron chi connectivity index (χ3n) is 8.39.